The lowest BCUT2D eigenvalue weighted by molar-refractivity contribution is 0.0666. The maximum atomic E-state index is 11.3. The summed E-state index contributed by atoms with van der Waals surface area (Å²) in [6.07, 6.45) is 12.9. The fraction of sp³-hybridized carbons (Fsp3) is 0.533. The highest BCUT2D eigenvalue weighted by Crippen LogP contribution is 2.25. The van der Waals surface area contributed by atoms with Crippen molar-refractivity contribution in [2.45, 2.75) is 31.9 Å². The number of carbonyl (C=O) groups excluding carboxylic acids is 1. The third-order valence-electron chi connectivity index (χ3n) is 3.36. The molecule has 0 saturated carbocycles. The minimum atomic E-state index is -0.691. The van der Waals surface area contributed by atoms with E-state index in [1.54, 1.807) is 0 Å². The Kier molecular flexibility index (Phi) is 6.17. The van der Waals surface area contributed by atoms with Crippen molar-refractivity contribution in [1.82, 2.24) is 5.32 Å². The second kappa shape index (κ2) is 7.65. The van der Waals surface area contributed by atoms with Crippen LogP contribution in [0.2, 0.25) is 0 Å². The number of rotatable bonds is 5. The number of amides is 1. The molecule has 4 heteroatoms. The number of nitrogens with one attached hydrogen (secondary N) is 1. The van der Waals surface area contributed by atoms with E-state index in [1.165, 1.54) is 7.11 Å². The summed E-state index contributed by atoms with van der Waals surface area (Å²) in [5.41, 5.74) is 0. The molecular weight excluding hydrogens is 242 g/mol. The third-order valence-corrected chi connectivity index (χ3v) is 3.36. The predicted molar refractivity (Wildman–Crippen MR) is 74.3 cm³/mol. The van der Waals surface area contributed by atoms with Gasteiger partial charge < -0.3 is 15.2 Å². The van der Waals surface area contributed by atoms with Crippen molar-refractivity contribution in [3.05, 3.63) is 24.3 Å². The number of terminal acetylenes is 1. The lowest BCUT2D eigenvalue weighted by atomic mass is 9.82. The van der Waals surface area contributed by atoms with Crippen LogP contribution < -0.4 is 5.32 Å². The Bertz CT molecular complexity index is 395. The number of hydrogen-bond acceptors (Lipinski definition) is 3. The van der Waals surface area contributed by atoms with Gasteiger partial charge in [0.1, 0.15) is 0 Å². The summed E-state index contributed by atoms with van der Waals surface area (Å²) in [6, 6.07) is -0.410. The van der Waals surface area contributed by atoms with Crippen molar-refractivity contribution in [3.63, 3.8) is 0 Å². The van der Waals surface area contributed by atoms with Crippen LogP contribution in [0.1, 0.15) is 19.8 Å². The average Bonchev–Trinajstić information content (AvgIpc) is 2.43. The quantitative estimate of drug-likeness (QED) is 0.744. The molecule has 4 nitrogen and oxygen atoms in total. The fourth-order valence-corrected chi connectivity index (χ4v) is 2.21. The lowest BCUT2D eigenvalue weighted by Crippen LogP contribution is -2.47. The van der Waals surface area contributed by atoms with E-state index in [9.17, 15) is 9.90 Å². The molecule has 0 fully saturated rings. The van der Waals surface area contributed by atoms with Gasteiger partial charge in [0.2, 0.25) is 0 Å². The Morgan fingerprint density at radius 1 is 1.53 bits per heavy atom. The van der Waals surface area contributed by atoms with Crippen molar-refractivity contribution < 1.29 is 14.6 Å². The SMILES string of the molecule is C#CCC[C@@H](NC(=O)OC)C(O)C1C=CC=CC1C. The van der Waals surface area contributed by atoms with Crippen molar-refractivity contribution >= 4 is 6.09 Å². The molecule has 0 radical (unpaired) electrons. The summed E-state index contributed by atoms with van der Waals surface area (Å²) in [7, 11) is 1.30. The molecule has 1 rings (SSSR count). The molecule has 0 aromatic rings. The second-order valence-electron chi connectivity index (χ2n) is 4.68. The minimum Gasteiger partial charge on any atom is -0.453 e. The summed E-state index contributed by atoms with van der Waals surface area (Å²) in [5, 5.41) is 13.1. The smallest absolute Gasteiger partial charge is 0.407 e. The summed E-state index contributed by atoms with van der Waals surface area (Å²) in [4.78, 5) is 11.3. The molecule has 3 unspecified atom stereocenters. The number of aliphatic hydroxyl groups excluding tert-OH is 1. The Hall–Kier alpha value is -1.73. The maximum Gasteiger partial charge on any atom is 0.407 e. The van der Waals surface area contributed by atoms with E-state index in [0.29, 0.717) is 12.8 Å². The highest BCUT2D eigenvalue weighted by Gasteiger charge is 2.30. The number of alkyl carbamates (subject to hydrolysis) is 1. The van der Waals surface area contributed by atoms with Crippen LogP contribution in [0.25, 0.3) is 0 Å². The molecule has 0 bridgehead atoms. The molecule has 19 heavy (non-hydrogen) atoms. The van der Waals surface area contributed by atoms with Gasteiger partial charge in [-0.3, -0.25) is 0 Å². The molecule has 0 aromatic heterocycles. The van der Waals surface area contributed by atoms with Crippen molar-refractivity contribution in [2.24, 2.45) is 11.8 Å². The zero-order chi connectivity index (χ0) is 14.3. The zero-order valence-electron chi connectivity index (χ0n) is 11.4. The second-order valence-corrected chi connectivity index (χ2v) is 4.68. The predicted octanol–water partition coefficient (Wildman–Crippen LogP) is 1.86. The highest BCUT2D eigenvalue weighted by atomic mass is 16.5. The van der Waals surface area contributed by atoms with E-state index < -0.39 is 18.2 Å². The van der Waals surface area contributed by atoms with E-state index in [0.717, 1.165) is 0 Å². The summed E-state index contributed by atoms with van der Waals surface area (Å²) >= 11 is 0. The first-order chi connectivity index (χ1) is 9.10. The van der Waals surface area contributed by atoms with E-state index >= 15 is 0 Å². The third kappa shape index (κ3) is 4.46. The molecule has 1 amide bonds. The molecule has 104 valence electrons. The van der Waals surface area contributed by atoms with Crippen LogP contribution in [0, 0.1) is 24.2 Å². The standard InChI is InChI=1S/C15H21NO3/c1-4-5-10-13(16-15(18)19-3)14(17)12-9-7-6-8-11(12)2/h1,6-9,11-14,17H,5,10H2,2-3H3,(H,16,18)/t11?,12?,13-,14?/m1/s1. The molecule has 1 aliphatic carbocycles. The van der Waals surface area contributed by atoms with Gasteiger partial charge in [-0.15, -0.1) is 12.3 Å². The summed E-state index contributed by atoms with van der Waals surface area (Å²) in [5.74, 6) is 2.70. The van der Waals surface area contributed by atoms with Gasteiger partial charge in [0, 0.05) is 12.3 Å². The maximum absolute atomic E-state index is 11.3. The summed E-state index contributed by atoms with van der Waals surface area (Å²) < 4.78 is 4.58. The van der Waals surface area contributed by atoms with Crippen molar-refractivity contribution in [2.75, 3.05) is 7.11 Å². The van der Waals surface area contributed by atoms with Crippen LogP contribution in [0.4, 0.5) is 4.79 Å². The zero-order valence-corrected chi connectivity index (χ0v) is 11.4. The molecular formula is C15H21NO3. The molecule has 4 atom stereocenters. The van der Waals surface area contributed by atoms with Gasteiger partial charge >= 0.3 is 6.09 Å². The molecule has 0 spiro atoms. The van der Waals surface area contributed by atoms with E-state index in [4.69, 9.17) is 6.42 Å². The molecule has 0 aromatic carbocycles. The van der Waals surface area contributed by atoms with E-state index in [2.05, 4.69) is 16.0 Å². The van der Waals surface area contributed by atoms with Crippen LogP contribution in [0.15, 0.2) is 24.3 Å². The molecule has 1 aliphatic rings. The van der Waals surface area contributed by atoms with E-state index in [-0.39, 0.29) is 11.8 Å². The number of methoxy groups -OCH3 is 1. The van der Waals surface area contributed by atoms with Gasteiger partial charge in [-0.25, -0.2) is 4.79 Å². The Morgan fingerprint density at radius 3 is 2.79 bits per heavy atom. The topological polar surface area (TPSA) is 58.6 Å². The first kappa shape index (κ1) is 15.3. The lowest BCUT2D eigenvalue weighted by Gasteiger charge is -2.31. The fourth-order valence-electron chi connectivity index (χ4n) is 2.21. The largest absolute Gasteiger partial charge is 0.453 e. The van der Waals surface area contributed by atoms with Crippen molar-refractivity contribution in [3.8, 4) is 12.3 Å². The average molecular weight is 263 g/mol. The van der Waals surface area contributed by atoms with Gasteiger partial charge in [-0.1, -0.05) is 31.2 Å². The number of carbonyl (C=O) groups is 1. The number of ether oxygens (including phenoxy) is 1. The van der Waals surface area contributed by atoms with Crippen LogP contribution in [-0.2, 0) is 4.74 Å². The first-order valence-corrected chi connectivity index (χ1v) is 6.41. The number of hydrogen-bond donors (Lipinski definition) is 2. The molecule has 0 saturated heterocycles. The van der Waals surface area contributed by atoms with Crippen LogP contribution in [0.3, 0.4) is 0 Å². The number of allylic oxidation sites excluding steroid dienone is 3. The van der Waals surface area contributed by atoms with Gasteiger partial charge in [0.25, 0.3) is 0 Å². The van der Waals surface area contributed by atoms with Crippen LogP contribution >= 0.6 is 0 Å². The van der Waals surface area contributed by atoms with E-state index in [1.807, 2.05) is 31.2 Å². The van der Waals surface area contributed by atoms with Crippen LogP contribution in [0.5, 0.6) is 0 Å². The Balaban J connectivity index is 2.72. The van der Waals surface area contributed by atoms with Gasteiger partial charge in [0.15, 0.2) is 0 Å². The first-order valence-electron chi connectivity index (χ1n) is 6.41. The summed E-state index contributed by atoms with van der Waals surface area (Å²) in [6.45, 7) is 2.03. The number of aliphatic hydroxyl groups is 1. The van der Waals surface area contributed by atoms with Gasteiger partial charge in [0.05, 0.1) is 19.3 Å². The Labute approximate surface area is 114 Å². The monoisotopic (exact) mass is 263 g/mol. The molecule has 2 N–H and O–H groups in total. The Morgan fingerprint density at radius 2 is 2.21 bits per heavy atom. The van der Waals surface area contributed by atoms with Gasteiger partial charge in [-0.05, 0) is 12.3 Å². The van der Waals surface area contributed by atoms with Crippen molar-refractivity contribution in [1.29, 1.82) is 0 Å². The normalized spacial score (nSPS) is 24.3. The molecule has 0 heterocycles. The molecule has 0 aliphatic heterocycles. The highest BCUT2D eigenvalue weighted by molar-refractivity contribution is 5.67. The minimum absolute atomic E-state index is 0.0371. The van der Waals surface area contributed by atoms with Crippen LogP contribution in [-0.4, -0.2) is 30.5 Å². The van der Waals surface area contributed by atoms with Gasteiger partial charge in [-0.2, -0.15) is 0 Å².